The van der Waals surface area contributed by atoms with Crippen LogP contribution in [0.15, 0.2) is 24.3 Å². The van der Waals surface area contributed by atoms with E-state index >= 15 is 0 Å². The highest BCUT2D eigenvalue weighted by atomic mass is 16.4. The van der Waals surface area contributed by atoms with Crippen molar-refractivity contribution >= 4 is 22.7 Å². The van der Waals surface area contributed by atoms with E-state index < -0.39 is 12.0 Å². The van der Waals surface area contributed by atoms with Crippen LogP contribution in [-0.2, 0) is 4.79 Å². The quantitative estimate of drug-likeness (QED) is 0.837. The highest BCUT2D eigenvalue weighted by Gasteiger charge is 2.45. The molecule has 0 radical (unpaired) electrons. The number of aliphatic carboxylic acids is 1. The van der Waals surface area contributed by atoms with Crippen LogP contribution in [0.4, 0.5) is 0 Å². The number of fused-ring (bicyclic) bond motifs is 2. The van der Waals surface area contributed by atoms with Crippen molar-refractivity contribution in [1.29, 1.82) is 0 Å². The van der Waals surface area contributed by atoms with Crippen molar-refractivity contribution in [3.8, 4) is 0 Å². The Hall–Kier alpha value is -2.14. The van der Waals surface area contributed by atoms with E-state index in [1.165, 1.54) is 6.42 Å². The number of aryl methyl sites for hydroxylation is 1. The van der Waals surface area contributed by atoms with Crippen LogP contribution >= 0.6 is 0 Å². The minimum absolute atomic E-state index is 0.0208. The number of nitrogens with zero attached hydrogens (tertiary/aromatic N) is 1. The number of Topliss-reactive ketones (excluding diaryl/α,β-unsaturated/α-hetero) is 1. The summed E-state index contributed by atoms with van der Waals surface area (Å²) in [6, 6.07) is 7.51. The number of hydrogen-bond donors (Lipinski definition) is 2. The molecule has 5 nitrogen and oxygen atoms in total. The fraction of sp³-hybridized carbons (Fsp3) is 0.500. The van der Waals surface area contributed by atoms with Gasteiger partial charge < -0.3 is 10.1 Å². The molecule has 3 atom stereocenters. The van der Waals surface area contributed by atoms with E-state index in [0.717, 1.165) is 35.9 Å². The number of benzene rings is 1. The van der Waals surface area contributed by atoms with E-state index in [0.29, 0.717) is 17.9 Å². The molecule has 4 rings (SSSR count). The molecule has 1 aromatic heterocycles. The van der Waals surface area contributed by atoms with Crippen LogP contribution in [-0.4, -0.2) is 45.4 Å². The second kappa shape index (κ2) is 6.30. The molecule has 3 unspecified atom stereocenters. The Morgan fingerprint density at radius 2 is 2.00 bits per heavy atom. The van der Waals surface area contributed by atoms with Gasteiger partial charge in [-0.25, -0.2) is 0 Å². The van der Waals surface area contributed by atoms with Gasteiger partial charge >= 0.3 is 5.97 Å². The number of carboxylic acids is 1. The molecule has 5 heteroatoms. The monoisotopic (exact) mass is 340 g/mol. The molecule has 1 aliphatic heterocycles. The Balaban J connectivity index is 1.64. The molecule has 2 aliphatic rings. The molecule has 2 fully saturated rings. The van der Waals surface area contributed by atoms with Crippen LogP contribution < -0.4 is 0 Å². The second-order valence-electron chi connectivity index (χ2n) is 7.47. The maximum atomic E-state index is 13.1. The fourth-order valence-electron chi connectivity index (χ4n) is 4.90. The summed E-state index contributed by atoms with van der Waals surface area (Å²) in [7, 11) is 0. The van der Waals surface area contributed by atoms with Gasteiger partial charge in [0.05, 0.1) is 6.54 Å². The zero-order valence-corrected chi connectivity index (χ0v) is 14.5. The van der Waals surface area contributed by atoms with E-state index in [1.54, 1.807) is 0 Å². The molecule has 132 valence electrons. The van der Waals surface area contributed by atoms with Crippen LogP contribution in [0.25, 0.3) is 10.9 Å². The minimum atomic E-state index is -0.794. The Kier molecular flexibility index (Phi) is 4.12. The topological polar surface area (TPSA) is 73.4 Å². The number of likely N-dealkylation sites (tertiary alicyclic amines) is 1. The number of carbonyl (C=O) groups excluding carboxylic acids is 1. The number of H-pyrrole nitrogens is 1. The summed E-state index contributed by atoms with van der Waals surface area (Å²) in [4.78, 5) is 30.1. The molecular weight excluding hydrogens is 316 g/mol. The summed E-state index contributed by atoms with van der Waals surface area (Å²) in [5.41, 5.74) is 2.52. The summed E-state index contributed by atoms with van der Waals surface area (Å²) in [6.07, 6.45) is 5.08. The van der Waals surface area contributed by atoms with Crippen molar-refractivity contribution in [3.05, 3.63) is 35.5 Å². The average molecular weight is 340 g/mol. The smallest absolute Gasteiger partial charge is 0.320 e. The normalized spacial score (nSPS) is 26.7. The summed E-state index contributed by atoms with van der Waals surface area (Å²) in [5.74, 6) is -0.350. The predicted molar refractivity (Wildman–Crippen MR) is 95.9 cm³/mol. The number of hydrogen-bond acceptors (Lipinski definition) is 3. The summed E-state index contributed by atoms with van der Waals surface area (Å²) >= 11 is 0. The third kappa shape index (κ3) is 2.76. The van der Waals surface area contributed by atoms with Crippen molar-refractivity contribution < 1.29 is 14.7 Å². The zero-order valence-electron chi connectivity index (χ0n) is 14.5. The van der Waals surface area contributed by atoms with Crippen molar-refractivity contribution in [2.75, 3.05) is 6.54 Å². The van der Waals surface area contributed by atoms with Crippen molar-refractivity contribution in [1.82, 2.24) is 9.88 Å². The predicted octanol–water partition coefficient (Wildman–Crippen LogP) is 3.38. The fourth-order valence-corrected chi connectivity index (χ4v) is 4.90. The maximum Gasteiger partial charge on any atom is 0.320 e. The number of nitrogens with one attached hydrogen (secondary N) is 1. The van der Waals surface area contributed by atoms with Crippen molar-refractivity contribution in [2.24, 2.45) is 5.92 Å². The molecule has 0 bridgehead atoms. The van der Waals surface area contributed by atoms with Gasteiger partial charge in [0.15, 0.2) is 5.78 Å². The standard InChI is InChI=1S/C20H24N2O3/c1-12-19(14-7-3-4-8-15(14)21-12)18(23)11-22-16-9-5-2-6-13(16)10-17(22)20(24)25/h3-4,7-8,13,16-17,21H,2,5-6,9-11H2,1H3,(H,24,25). The first-order chi connectivity index (χ1) is 12.1. The van der Waals surface area contributed by atoms with Gasteiger partial charge in [-0.3, -0.25) is 14.5 Å². The lowest BCUT2D eigenvalue weighted by Gasteiger charge is -2.32. The maximum absolute atomic E-state index is 13.1. The molecule has 25 heavy (non-hydrogen) atoms. The number of aromatic amines is 1. The lowest BCUT2D eigenvalue weighted by atomic mass is 9.84. The van der Waals surface area contributed by atoms with Crippen LogP contribution in [0.1, 0.15) is 48.2 Å². The van der Waals surface area contributed by atoms with Gasteiger partial charge in [0.1, 0.15) is 6.04 Å². The Morgan fingerprint density at radius 1 is 1.24 bits per heavy atom. The van der Waals surface area contributed by atoms with Crippen LogP contribution in [0.2, 0.25) is 0 Å². The second-order valence-corrected chi connectivity index (χ2v) is 7.47. The summed E-state index contributed by atoms with van der Waals surface area (Å²) < 4.78 is 0. The highest BCUT2D eigenvalue weighted by molar-refractivity contribution is 6.10. The van der Waals surface area contributed by atoms with Gasteiger partial charge in [-0.15, -0.1) is 0 Å². The Labute approximate surface area is 147 Å². The van der Waals surface area contributed by atoms with Gasteiger partial charge in [0.25, 0.3) is 0 Å². The third-order valence-corrected chi connectivity index (χ3v) is 6.00. The van der Waals surface area contributed by atoms with E-state index in [4.69, 9.17) is 0 Å². The molecule has 1 saturated carbocycles. The first kappa shape index (κ1) is 16.3. The molecule has 0 spiro atoms. The molecule has 2 heterocycles. The van der Waals surface area contributed by atoms with Gasteiger partial charge in [-0.1, -0.05) is 31.0 Å². The number of rotatable bonds is 4. The molecule has 0 amide bonds. The van der Waals surface area contributed by atoms with Crippen LogP contribution in [0, 0.1) is 12.8 Å². The number of ketones is 1. The average Bonchev–Trinajstić information content (AvgIpc) is 3.12. The molecular formula is C20H24N2O3. The Morgan fingerprint density at radius 3 is 2.80 bits per heavy atom. The van der Waals surface area contributed by atoms with Gasteiger partial charge in [0, 0.05) is 28.2 Å². The Bertz CT molecular complexity index is 825. The number of aromatic nitrogens is 1. The van der Waals surface area contributed by atoms with Gasteiger partial charge in [0.2, 0.25) is 0 Å². The largest absolute Gasteiger partial charge is 0.480 e. The van der Waals surface area contributed by atoms with Gasteiger partial charge in [-0.05, 0) is 38.2 Å². The van der Waals surface area contributed by atoms with Gasteiger partial charge in [-0.2, -0.15) is 0 Å². The molecule has 1 aliphatic carbocycles. The van der Waals surface area contributed by atoms with Crippen LogP contribution in [0.3, 0.4) is 0 Å². The molecule has 1 saturated heterocycles. The summed E-state index contributed by atoms with van der Waals surface area (Å²) in [6.45, 7) is 2.11. The highest BCUT2D eigenvalue weighted by Crippen LogP contribution is 2.40. The van der Waals surface area contributed by atoms with Crippen molar-refractivity contribution in [3.63, 3.8) is 0 Å². The molecule has 1 aromatic carbocycles. The van der Waals surface area contributed by atoms with E-state index in [9.17, 15) is 14.7 Å². The number of carbonyl (C=O) groups is 2. The lowest BCUT2D eigenvalue weighted by molar-refractivity contribution is -0.142. The zero-order chi connectivity index (χ0) is 17.6. The third-order valence-electron chi connectivity index (χ3n) is 6.00. The van der Waals surface area contributed by atoms with E-state index in [-0.39, 0.29) is 18.4 Å². The van der Waals surface area contributed by atoms with E-state index in [2.05, 4.69) is 4.98 Å². The molecule has 2 aromatic rings. The first-order valence-electron chi connectivity index (χ1n) is 9.15. The minimum Gasteiger partial charge on any atom is -0.480 e. The molecule has 2 N–H and O–H groups in total. The van der Waals surface area contributed by atoms with Crippen LogP contribution in [0.5, 0.6) is 0 Å². The van der Waals surface area contributed by atoms with Crippen molar-refractivity contribution in [2.45, 2.75) is 51.1 Å². The van der Waals surface area contributed by atoms with E-state index in [1.807, 2.05) is 36.1 Å². The number of para-hydroxylation sites is 1. The first-order valence-corrected chi connectivity index (χ1v) is 9.15. The summed E-state index contributed by atoms with van der Waals surface area (Å²) in [5, 5.41) is 10.6. The number of carboxylic acid groups (broad SMARTS) is 1. The lowest BCUT2D eigenvalue weighted by Crippen LogP contribution is -2.45. The SMILES string of the molecule is Cc1[nH]c2ccccc2c1C(=O)CN1C(C(=O)O)CC2CCCCC21.